The highest BCUT2D eigenvalue weighted by Crippen LogP contribution is 2.35. The van der Waals surface area contributed by atoms with Crippen LogP contribution >= 0.6 is 23.2 Å². The molecular weight excluding hydrogens is 459 g/mol. The van der Waals surface area contributed by atoms with E-state index >= 15 is 0 Å². The Labute approximate surface area is 203 Å². The first-order valence-electron chi connectivity index (χ1n) is 10.8. The normalized spacial score (nSPS) is 19.2. The Hall–Kier alpha value is -2.96. The van der Waals surface area contributed by atoms with E-state index < -0.39 is 0 Å². The number of aromatic nitrogens is 2. The van der Waals surface area contributed by atoms with Crippen LogP contribution in [0.4, 0.5) is 0 Å². The number of amidine groups is 1. The Morgan fingerprint density at radius 2 is 1.97 bits per heavy atom. The van der Waals surface area contributed by atoms with Gasteiger partial charge >= 0.3 is 0 Å². The molecule has 2 aliphatic heterocycles. The molecule has 1 saturated heterocycles. The number of fused-ring (bicyclic) bond motifs is 1. The van der Waals surface area contributed by atoms with Crippen LogP contribution in [-0.2, 0) is 4.84 Å². The molecule has 3 heterocycles. The SMILES string of the molecule is COc1cc(C=C2CCCN3C2=NOC[C@H]3c2cc(Cl)cc(Cl)c2)ccc1-n1cnc(C)c1. The second kappa shape index (κ2) is 9.12. The molecule has 3 aromatic rings. The minimum Gasteiger partial charge on any atom is -0.495 e. The number of hydrogen-bond donors (Lipinski definition) is 0. The Kier molecular flexibility index (Phi) is 6.04. The van der Waals surface area contributed by atoms with E-state index in [9.17, 15) is 0 Å². The number of piperidine rings is 1. The van der Waals surface area contributed by atoms with Crippen molar-refractivity contribution in [3.05, 3.63) is 81.4 Å². The van der Waals surface area contributed by atoms with Crippen LogP contribution in [0.1, 0.15) is 35.7 Å². The molecule has 1 atom stereocenters. The van der Waals surface area contributed by atoms with Gasteiger partial charge in [-0.2, -0.15) is 0 Å². The van der Waals surface area contributed by atoms with Crippen molar-refractivity contribution in [2.24, 2.45) is 5.16 Å². The van der Waals surface area contributed by atoms with Crippen LogP contribution in [0.15, 0.2) is 59.7 Å². The molecule has 0 amide bonds. The smallest absolute Gasteiger partial charge is 0.172 e. The fourth-order valence-electron chi connectivity index (χ4n) is 4.45. The number of aryl methyl sites for hydroxylation is 1. The number of rotatable bonds is 4. The van der Waals surface area contributed by atoms with Gasteiger partial charge in [0.1, 0.15) is 12.4 Å². The van der Waals surface area contributed by atoms with E-state index in [1.807, 2.05) is 42.0 Å². The molecule has 0 saturated carbocycles. The van der Waals surface area contributed by atoms with Crippen molar-refractivity contribution in [1.82, 2.24) is 14.5 Å². The van der Waals surface area contributed by atoms with Gasteiger partial charge in [-0.25, -0.2) is 4.98 Å². The number of ether oxygens (including phenoxy) is 1. The van der Waals surface area contributed by atoms with E-state index in [1.54, 1.807) is 19.5 Å². The zero-order valence-electron chi connectivity index (χ0n) is 18.5. The molecule has 1 aromatic heterocycles. The first-order chi connectivity index (χ1) is 16.0. The number of halogens is 2. The maximum absolute atomic E-state index is 6.26. The van der Waals surface area contributed by atoms with Crippen molar-refractivity contribution in [1.29, 1.82) is 0 Å². The summed E-state index contributed by atoms with van der Waals surface area (Å²) in [5.74, 6) is 1.64. The molecule has 8 heteroatoms. The number of methoxy groups -OCH3 is 1. The number of nitrogens with zero attached hydrogens (tertiary/aromatic N) is 4. The van der Waals surface area contributed by atoms with Gasteiger partial charge in [0.15, 0.2) is 5.84 Å². The minimum atomic E-state index is 0.0128. The Bertz CT molecular complexity index is 1230. The number of imidazole rings is 1. The summed E-state index contributed by atoms with van der Waals surface area (Å²) >= 11 is 12.5. The van der Waals surface area contributed by atoms with E-state index in [0.717, 1.165) is 59.1 Å². The summed E-state index contributed by atoms with van der Waals surface area (Å²) in [7, 11) is 1.68. The molecule has 0 spiro atoms. The first kappa shape index (κ1) is 21.9. The van der Waals surface area contributed by atoms with E-state index in [-0.39, 0.29) is 6.04 Å². The lowest BCUT2D eigenvalue weighted by molar-refractivity contribution is 0.0575. The van der Waals surface area contributed by atoms with E-state index in [1.165, 1.54) is 0 Å². The number of benzene rings is 2. The molecule has 0 N–H and O–H groups in total. The van der Waals surface area contributed by atoms with Crippen molar-refractivity contribution in [3.63, 3.8) is 0 Å². The maximum atomic E-state index is 6.26. The molecule has 33 heavy (non-hydrogen) atoms. The predicted molar refractivity (Wildman–Crippen MR) is 131 cm³/mol. The van der Waals surface area contributed by atoms with Gasteiger partial charge in [0, 0.05) is 22.8 Å². The zero-order valence-corrected chi connectivity index (χ0v) is 20.0. The largest absolute Gasteiger partial charge is 0.495 e. The summed E-state index contributed by atoms with van der Waals surface area (Å²) in [4.78, 5) is 12.3. The average molecular weight is 483 g/mol. The molecular formula is C25H24Cl2N4O2. The molecule has 6 nitrogen and oxygen atoms in total. The van der Waals surface area contributed by atoms with E-state index in [0.29, 0.717) is 16.7 Å². The van der Waals surface area contributed by atoms with Crippen molar-refractivity contribution in [3.8, 4) is 11.4 Å². The van der Waals surface area contributed by atoms with Crippen LogP contribution in [0.5, 0.6) is 5.75 Å². The lowest BCUT2D eigenvalue weighted by atomic mass is 9.96. The monoisotopic (exact) mass is 482 g/mol. The molecule has 0 radical (unpaired) electrons. The highest BCUT2D eigenvalue weighted by Gasteiger charge is 2.33. The topological polar surface area (TPSA) is 51.9 Å². The fourth-order valence-corrected chi connectivity index (χ4v) is 4.99. The van der Waals surface area contributed by atoms with Crippen LogP contribution < -0.4 is 4.74 Å². The molecule has 170 valence electrons. The summed E-state index contributed by atoms with van der Waals surface area (Å²) in [6.07, 6.45) is 7.88. The van der Waals surface area contributed by atoms with Crippen molar-refractivity contribution in [2.45, 2.75) is 25.8 Å². The number of hydrogen-bond acceptors (Lipinski definition) is 5. The molecule has 2 aromatic carbocycles. The summed E-state index contributed by atoms with van der Waals surface area (Å²) in [6.45, 7) is 3.32. The second-order valence-corrected chi connectivity index (χ2v) is 9.12. The molecule has 2 aliphatic rings. The molecule has 0 aliphatic carbocycles. The van der Waals surface area contributed by atoms with Gasteiger partial charge in [-0.3, -0.25) is 0 Å². The van der Waals surface area contributed by atoms with Crippen LogP contribution in [0, 0.1) is 6.92 Å². The van der Waals surface area contributed by atoms with Gasteiger partial charge in [-0.1, -0.05) is 34.4 Å². The summed E-state index contributed by atoms with van der Waals surface area (Å²) < 4.78 is 7.64. The minimum absolute atomic E-state index is 0.0128. The summed E-state index contributed by atoms with van der Waals surface area (Å²) in [6, 6.07) is 11.8. The lowest BCUT2D eigenvalue weighted by Crippen LogP contribution is -2.44. The van der Waals surface area contributed by atoms with Crippen molar-refractivity contribution in [2.75, 3.05) is 20.3 Å². The zero-order chi connectivity index (χ0) is 22.9. The highest BCUT2D eigenvalue weighted by atomic mass is 35.5. The van der Waals surface area contributed by atoms with Crippen molar-refractivity contribution >= 4 is 35.1 Å². The number of oxime groups is 1. The van der Waals surface area contributed by atoms with Crippen LogP contribution in [0.3, 0.4) is 0 Å². The Balaban J connectivity index is 1.46. The van der Waals surface area contributed by atoms with Crippen LogP contribution in [0.2, 0.25) is 10.0 Å². The second-order valence-electron chi connectivity index (χ2n) is 8.25. The summed E-state index contributed by atoms with van der Waals surface area (Å²) in [5, 5.41) is 5.66. The van der Waals surface area contributed by atoms with Crippen molar-refractivity contribution < 1.29 is 9.57 Å². The lowest BCUT2D eigenvalue weighted by Gasteiger charge is -2.40. The van der Waals surface area contributed by atoms with E-state index in [4.69, 9.17) is 32.8 Å². The highest BCUT2D eigenvalue weighted by molar-refractivity contribution is 6.34. The molecule has 1 fully saturated rings. The predicted octanol–water partition coefficient (Wildman–Crippen LogP) is 6.06. The van der Waals surface area contributed by atoms with Gasteiger partial charge in [0.2, 0.25) is 0 Å². The van der Waals surface area contributed by atoms with Gasteiger partial charge < -0.3 is 19.0 Å². The maximum Gasteiger partial charge on any atom is 0.172 e. The van der Waals surface area contributed by atoms with Crippen LogP contribution in [0.25, 0.3) is 11.8 Å². The van der Waals surface area contributed by atoms with Gasteiger partial charge in [-0.15, -0.1) is 0 Å². The van der Waals surface area contributed by atoms with Gasteiger partial charge in [0.05, 0.1) is 30.9 Å². The third-order valence-corrected chi connectivity index (χ3v) is 6.40. The third-order valence-electron chi connectivity index (χ3n) is 5.97. The first-order valence-corrected chi connectivity index (χ1v) is 11.6. The quantitative estimate of drug-likeness (QED) is 0.453. The molecule has 0 unspecified atom stereocenters. The Morgan fingerprint density at radius 1 is 1.15 bits per heavy atom. The average Bonchev–Trinajstić information content (AvgIpc) is 3.24. The summed E-state index contributed by atoms with van der Waals surface area (Å²) in [5.41, 5.74) is 5.10. The third kappa shape index (κ3) is 4.45. The molecule has 5 rings (SSSR count). The standard InChI is InChI=1S/C25H24Cl2N4O2/c1-16-13-30(15-28-16)22-6-5-17(9-24(22)32-2)8-18-4-3-7-31-23(14-33-29-25(18)31)19-10-20(26)12-21(27)11-19/h5-6,8-13,15,23H,3-4,7,14H2,1-2H3/t23-/m0/s1. The molecule has 0 bridgehead atoms. The fraction of sp³-hybridized carbons (Fsp3) is 0.280. The van der Waals surface area contributed by atoms with E-state index in [2.05, 4.69) is 27.2 Å². The van der Waals surface area contributed by atoms with Gasteiger partial charge in [0.25, 0.3) is 0 Å². The van der Waals surface area contributed by atoms with Gasteiger partial charge in [-0.05, 0) is 72.9 Å². The van der Waals surface area contributed by atoms with Crippen LogP contribution in [-0.4, -0.2) is 40.5 Å². The Morgan fingerprint density at radius 3 is 2.70 bits per heavy atom.